The Kier molecular flexibility index (Phi) is 4.38. The number of hydrogen-bond donors (Lipinski definition) is 0. The summed E-state index contributed by atoms with van der Waals surface area (Å²) in [5.41, 5.74) is 1.22. The number of methoxy groups -OCH3 is 2. The van der Waals surface area contributed by atoms with E-state index in [4.69, 9.17) is 9.47 Å². The Balaban J connectivity index is 2.47. The highest BCUT2D eigenvalue weighted by molar-refractivity contribution is 6.21. The fourth-order valence-electron chi connectivity index (χ4n) is 2.33. The summed E-state index contributed by atoms with van der Waals surface area (Å²) in [4.78, 5) is 24.6. The van der Waals surface area contributed by atoms with Crippen LogP contribution >= 0.6 is 0 Å². The molecule has 2 rings (SSSR count). The molecule has 0 amide bonds. The Morgan fingerprint density at radius 2 is 1.67 bits per heavy atom. The monoisotopic (exact) mass is 284 g/mol. The summed E-state index contributed by atoms with van der Waals surface area (Å²) in [6.45, 7) is 3.77. The van der Waals surface area contributed by atoms with Crippen LogP contribution in [-0.4, -0.2) is 25.8 Å². The van der Waals surface area contributed by atoms with Crippen molar-refractivity contribution in [3.8, 4) is 0 Å². The van der Waals surface area contributed by atoms with E-state index in [1.165, 1.54) is 20.3 Å². The largest absolute Gasteiger partial charge is 0.490 e. The van der Waals surface area contributed by atoms with Crippen LogP contribution in [0.15, 0.2) is 66.2 Å². The van der Waals surface area contributed by atoms with Crippen LogP contribution in [0, 0.1) is 0 Å². The van der Waals surface area contributed by atoms with Gasteiger partial charge in [-0.25, -0.2) is 0 Å². The molecule has 0 N–H and O–H groups in total. The summed E-state index contributed by atoms with van der Waals surface area (Å²) in [6.07, 6.45) is 2.93. The minimum Gasteiger partial charge on any atom is -0.490 e. The number of benzene rings is 1. The van der Waals surface area contributed by atoms with Gasteiger partial charge < -0.3 is 9.47 Å². The van der Waals surface area contributed by atoms with E-state index in [2.05, 4.69) is 6.58 Å². The smallest absolute Gasteiger partial charge is 0.228 e. The number of ether oxygens (including phenoxy) is 2. The Hall–Kier alpha value is -2.62. The second-order valence-electron chi connectivity index (χ2n) is 4.48. The Morgan fingerprint density at radius 1 is 1.05 bits per heavy atom. The molecule has 0 heterocycles. The maximum Gasteiger partial charge on any atom is 0.228 e. The van der Waals surface area contributed by atoms with Crippen molar-refractivity contribution in [2.45, 2.75) is 5.92 Å². The topological polar surface area (TPSA) is 52.6 Å². The van der Waals surface area contributed by atoms with Crippen LogP contribution in [0.3, 0.4) is 0 Å². The second kappa shape index (κ2) is 6.22. The van der Waals surface area contributed by atoms with Crippen LogP contribution in [0.1, 0.15) is 11.5 Å². The molecule has 0 aromatic heterocycles. The number of carbonyl (C=O) groups is 2. The number of allylic oxidation sites excluding steroid dienone is 3. The molecule has 21 heavy (non-hydrogen) atoms. The third kappa shape index (κ3) is 2.65. The lowest BCUT2D eigenvalue weighted by Crippen LogP contribution is -2.24. The van der Waals surface area contributed by atoms with Gasteiger partial charge in [0, 0.05) is 11.5 Å². The molecule has 1 aromatic rings. The predicted molar refractivity (Wildman–Crippen MR) is 78.5 cm³/mol. The molecule has 0 fully saturated rings. The van der Waals surface area contributed by atoms with Gasteiger partial charge in [-0.2, -0.15) is 0 Å². The average molecular weight is 284 g/mol. The molecule has 0 saturated carbocycles. The zero-order valence-electron chi connectivity index (χ0n) is 12.0. The third-order valence-corrected chi connectivity index (χ3v) is 3.32. The quantitative estimate of drug-likeness (QED) is 0.616. The highest BCUT2D eigenvalue weighted by Gasteiger charge is 2.34. The molecule has 0 saturated heterocycles. The zero-order chi connectivity index (χ0) is 15.4. The van der Waals surface area contributed by atoms with Gasteiger partial charge in [-0.15, -0.1) is 6.58 Å². The van der Waals surface area contributed by atoms with Crippen LogP contribution in [0.4, 0.5) is 0 Å². The summed E-state index contributed by atoms with van der Waals surface area (Å²) in [5, 5.41) is 0. The molecule has 1 aliphatic carbocycles. The molecule has 4 heteroatoms. The van der Waals surface area contributed by atoms with Crippen molar-refractivity contribution in [3.63, 3.8) is 0 Å². The number of rotatable bonds is 5. The highest BCUT2D eigenvalue weighted by atomic mass is 16.5. The van der Waals surface area contributed by atoms with Crippen molar-refractivity contribution >= 4 is 11.6 Å². The van der Waals surface area contributed by atoms with Crippen LogP contribution in [0.25, 0.3) is 0 Å². The Bertz CT molecular complexity index is 638. The van der Waals surface area contributed by atoms with E-state index in [1.807, 2.05) is 30.3 Å². The number of ketones is 2. The molecule has 1 aliphatic rings. The molecular weight excluding hydrogens is 268 g/mol. The number of carbonyl (C=O) groups excluding carboxylic acids is 2. The summed E-state index contributed by atoms with van der Waals surface area (Å²) < 4.78 is 10.0. The minimum absolute atomic E-state index is 0.0669. The van der Waals surface area contributed by atoms with Gasteiger partial charge in [-0.3, -0.25) is 9.59 Å². The van der Waals surface area contributed by atoms with Gasteiger partial charge in [0.1, 0.15) is 0 Å². The molecule has 0 radical (unpaired) electrons. The first-order valence-electron chi connectivity index (χ1n) is 6.44. The molecule has 4 nitrogen and oxygen atoms in total. The van der Waals surface area contributed by atoms with Crippen LogP contribution in [0.2, 0.25) is 0 Å². The summed E-state index contributed by atoms with van der Waals surface area (Å²) in [5.74, 6) is -1.24. The minimum atomic E-state index is -0.383. The lowest BCUT2D eigenvalue weighted by atomic mass is 9.84. The summed E-state index contributed by atoms with van der Waals surface area (Å²) in [6, 6.07) is 9.39. The van der Waals surface area contributed by atoms with Gasteiger partial charge >= 0.3 is 0 Å². The fourth-order valence-corrected chi connectivity index (χ4v) is 2.33. The molecule has 1 atom stereocenters. The van der Waals surface area contributed by atoms with Gasteiger partial charge in [-0.1, -0.05) is 36.4 Å². The van der Waals surface area contributed by atoms with Crippen molar-refractivity contribution in [2.75, 3.05) is 14.2 Å². The first kappa shape index (κ1) is 14.8. The maximum atomic E-state index is 12.5. The van der Waals surface area contributed by atoms with Crippen molar-refractivity contribution < 1.29 is 19.1 Å². The summed E-state index contributed by atoms with van der Waals surface area (Å²) in [7, 11) is 2.68. The average Bonchev–Trinajstić information content (AvgIpc) is 2.51. The van der Waals surface area contributed by atoms with E-state index < -0.39 is 0 Å². The van der Waals surface area contributed by atoms with Crippen molar-refractivity contribution in [3.05, 3.63) is 71.7 Å². The highest BCUT2D eigenvalue weighted by Crippen LogP contribution is 2.32. The molecule has 0 aliphatic heterocycles. The SMILES string of the molecule is C=C[C@H](C1=CC(=O)C(OC)=C(OC)C1=O)c1ccccc1. The van der Waals surface area contributed by atoms with Crippen LogP contribution in [0.5, 0.6) is 0 Å². The molecular formula is C17H16O4. The van der Waals surface area contributed by atoms with Gasteiger partial charge in [0.2, 0.25) is 23.1 Å². The molecule has 0 spiro atoms. The fraction of sp³-hybridized carbons (Fsp3) is 0.176. The Labute approximate surface area is 123 Å². The molecule has 108 valence electrons. The molecule has 0 unspecified atom stereocenters. The lowest BCUT2D eigenvalue weighted by Gasteiger charge is -2.21. The second-order valence-corrected chi connectivity index (χ2v) is 4.48. The first-order chi connectivity index (χ1) is 10.1. The van der Waals surface area contributed by atoms with E-state index in [9.17, 15) is 9.59 Å². The van der Waals surface area contributed by atoms with Gasteiger partial charge in [0.15, 0.2) is 0 Å². The van der Waals surface area contributed by atoms with E-state index >= 15 is 0 Å². The number of Topliss-reactive ketones (excluding diaryl/α,β-unsaturated/α-hetero) is 1. The number of hydrogen-bond acceptors (Lipinski definition) is 4. The molecule has 1 aromatic carbocycles. The van der Waals surface area contributed by atoms with Gasteiger partial charge in [0.05, 0.1) is 14.2 Å². The zero-order valence-corrected chi connectivity index (χ0v) is 12.0. The van der Waals surface area contributed by atoms with E-state index in [-0.39, 0.29) is 29.0 Å². The van der Waals surface area contributed by atoms with Crippen LogP contribution < -0.4 is 0 Å². The van der Waals surface area contributed by atoms with Crippen molar-refractivity contribution in [1.82, 2.24) is 0 Å². The first-order valence-corrected chi connectivity index (χ1v) is 6.44. The van der Waals surface area contributed by atoms with Gasteiger partial charge in [-0.05, 0) is 11.6 Å². The van der Waals surface area contributed by atoms with E-state index in [0.717, 1.165) is 5.56 Å². The van der Waals surface area contributed by atoms with E-state index in [1.54, 1.807) is 6.08 Å². The van der Waals surface area contributed by atoms with Gasteiger partial charge in [0.25, 0.3) is 0 Å². The Morgan fingerprint density at radius 3 is 2.19 bits per heavy atom. The van der Waals surface area contributed by atoms with Crippen molar-refractivity contribution in [1.29, 1.82) is 0 Å². The van der Waals surface area contributed by atoms with E-state index in [0.29, 0.717) is 5.57 Å². The van der Waals surface area contributed by atoms with Crippen LogP contribution in [-0.2, 0) is 19.1 Å². The lowest BCUT2D eigenvalue weighted by molar-refractivity contribution is -0.120. The summed E-state index contributed by atoms with van der Waals surface area (Å²) >= 11 is 0. The standard InChI is InChI=1S/C17H16O4/c1-4-12(11-8-6-5-7-9-11)13-10-14(18)16(20-2)17(21-3)15(13)19/h4-10,12H,1H2,2-3H3/t12-/m0/s1. The molecule has 0 bridgehead atoms. The predicted octanol–water partition coefficient (Wildman–Crippen LogP) is 2.54. The van der Waals surface area contributed by atoms with Crippen molar-refractivity contribution in [2.24, 2.45) is 0 Å². The normalized spacial score (nSPS) is 16.4. The maximum absolute atomic E-state index is 12.5. The third-order valence-electron chi connectivity index (χ3n) is 3.32.